The molecule has 1 unspecified atom stereocenters. The molecule has 0 saturated carbocycles. The van der Waals surface area contributed by atoms with E-state index >= 15 is 0 Å². The lowest BCUT2D eigenvalue weighted by molar-refractivity contribution is -0.140. The van der Waals surface area contributed by atoms with Gasteiger partial charge in [-0.3, -0.25) is 13.9 Å². The summed E-state index contributed by atoms with van der Waals surface area (Å²) in [5.74, 6) is -1.09. The molecule has 2 amide bonds. The summed E-state index contributed by atoms with van der Waals surface area (Å²) in [5, 5.41) is 2.44. The summed E-state index contributed by atoms with van der Waals surface area (Å²) in [7, 11) is -2.42. The molecule has 34 heavy (non-hydrogen) atoms. The Morgan fingerprint density at radius 2 is 1.88 bits per heavy atom. The van der Waals surface area contributed by atoms with Gasteiger partial charge in [0, 0.05) is 13.1 Å². The lowest BCUT2D eigenvalue weighted by Crippen LogP contribution is -2.52. The quantitative estimate of drug-likeness (QED) is 0.498. The molecule has 1 N–H and O–H groups in total. The fourth-order valence-electron chi connectivity index (χ4n) is 3.43. The van der Waals surface area contributed by atoms with Crippen LogP contribution < -0.4 is 14.4 Å². The zero-order valence-corrected chi connectivity index (χ0v) is 21.1. The summed E-state index contributed by atoms with van der Waals surface area (Å²) in [6.07, 6.45) is 1.24. The number of methoxy groups -OCH3 is 1. The number of nitrogens with one attached hydrogen (secondary N) is 1. The lowest BCUT2D eigenvalue weighted by atomic mass is 10.1. The molecular formula is C23H29ClFN3O5S. The number of rotatable bonds is 11. The summed E-state index contributed by atoms with van der Waals surface area (Å²) in [4.78, 5) is 27.6. The highest BCUT2D eigenvalue weighted by Crippen LogP contribution is 2.25. The van der Waals surface area contributed by atoms with E-state index in [1.807, 2.05) is 0 Å². The van der Waals surface area contributed by atoms with E-state index in [1.165, 1.54) is 18.1 Å². The maximum atomic E-state index is 13.6. The summed E-state index contributed by atoms with van der Waals surface area (Å²) in [6.45, 7) is 3.36. The number of carbonyl (C=O) groups is 2. The molecule has 0 heterocycles. The third kappa shape index (κ3) is 7.07. The van der Waals surface area contributed by atoms with Gasteiger partial charge in [-0.05, 0) is 49.2 Å². The number of likely N-dealkylation sites (N-methyl/N-ethyl adjacent to an activating group) is 1. The van der Waals surface area contributed by atoms with Crippen LogP contribution in [0.1, 0.15) is 25.8 Å². The maximum absolute atomic E-state index is 13.6. The van der Waals surface area contributed by atoms with Gasteiger partial charge in [0.2, 0.25) is 21.8 Å². The van der Waals surface area contributed by atoms with Gasteiger partial charge in [0.25, 0.3) is 0 Å². The van der Waals surface area contributed by atoms with Crippen molar-refractivity contribution in [1.29, 1.82) is 0 Å². The summed E-state index contributed by atoms with van der Waals surface area (Å²) in [5.41, 5.74) is 0.737. The van der Waals surface area contributed by atoms with Crippen LogP contribution in [-0.2, 0) is 26.2 Å². The molecule has 11 heteroatoms. The number of amides is 2. The summed E-state index contributed by atoms with van der Waals surface area (Å²) >= 11 is 5.84. The standard InChI is InChI=1S/C23H29ClFN3O5S/c1-5-21(23(30)26-6-2)27(14-16-8-7-9-18(12-16)33-3)22(29)15-28(34(4,31)32)17-10-11-20(25)19(24)13-17/h7-13,21H,5-6,14-15H2,1-4H3,(H,26,30). The van der Waals surface area contributed by atoms with Crippen LogP contribution in [-0.4, -0.2) is 57.6 Å². The van der Waals surface area contributed by atoms with Crippen molar-refractivity contribution >= 4 is 39.1 Å². The minimum Gasteiger partial charge on any atom is -0.497 e. The minimum absolute atomic E-state index is 0.0367. The minimum atomic E-state index is -3.94. The topological polar surface area (TPSA) is 96.0 Å². The van der Waals surface area contributed by atoms with E-state index in [0.717, 1.165) is 22.7 Å². The largest absolute Gasteiger partial charge is 0.497 e. The van der Waals surface area contributed by atoms with E-state index < -0.39 is 34.3 Å². The van der Waals surface area contributed by atoms with E-state index in [4.69, 9.17) is 16.3 Å². The maximum Gasteiger partial charge on any atom is 0.244 e. The van der Waals surface area contributed by atoms with Crippen molar-refractivity contribution in [3.8, 4) is 5.75 Å². The fraction of sp³-hybridized carbons (Fsp3) is 0.391. The second kappa shape index (κ2) is 12.0. The zero-order chi connectivity index (χ0) is 25.5. The molecule has 2 rings (SSSR count). The Morgan fingerprint density at radius 3 is 2.44 bits per heavy atom. The van der Waals surface area contributed by atoms with Crippen LogP contribution in [0.5, 0.6) is 5.75 Å². The number of ether oxygens (including phenoxy) is 1. The number of carbonyl (C=O) groups excluding carboxylic acids is 2. The van der Waals surface area contributed by atoms with Crippen LogP contribution in [0, 0.1) is 5.82 Å². The second-order valence-electron chi connectivity index (χ2n) is 7.56. The van der Waals surface area contributed by atoms with Gasteiger partial charge >= 0.3 is 0 Å². The van der Waals surface area contributed by atoms with Crippen molar-refractivity contribution in [2.75, 3.05) is 30.8 Å². The summed E-state index contributed by atoms with van der Waals surface area (Å²) in [6, 6.07) is 9.57. The van der Waals surface area contributed by atoms with Crippen LogP contribution >= 0.6 is 11.6 Å². The molecule has 186 valence electrons. The van der Waals surface area contributed by atoms with Gasteiger partial charge in [-0.2, -0.15) is 0 Å². The Labute approximate surface area is 204 Å². The number of nitrogens with zero attached hydrogens (tertiary/aromatic N) is 2. The van der Waals surface area contributed by atoms with Crippen molar-refractivity contribution in [3.63, 3.8) is 0 Å². The third-order valence-corrected chi connectivity index (χ3v) is 6.52. The molecule has 8 nitrogen and oxygen atoms in total. The molecule has 0 aromatic heterocycles. The van der Waals surface area contributed by atoms with Crippen LogP contribution in [0.3, 0.4) is 0 Å². The molecule has 2 aromatic rings. The van der Waals surface area contributed by atoms with Crippen molar-refractivity contribution in [1.82, 2.24) is 10.2 Å². The van der Waals surface area contributed by atoms with Gasteiger partial charge in [-0.25, -0.2) is 12.8 Å². The van der Waals surface area contributed by atoms with Crippen LogP contribution in [0.25, 0.3) is 0 Å². The first-order valence-electron chi connectivity index (χ1n) is 10.6. The van der Waals surface area contributed by atoms with E-state index in [0.29, 0.717) is 24.3 Å². The van der Waals surface area contributed by atoms with Gasteiger partial charge in [0.05, 0.1) is 24.1 Å². The Morgan fingerprint density at radius 1 is 1.18 bits per heavy atom. The van der Waals surface area contributed by atoms with Gasteiger partial charge in [0.15, 0.2) is 0 Å². The fourth-order valence-corrected chi connectivity index (χ4v) is 4.45. The Hall–Kier alpha value is -2.85. The van der Waals surface area contributed by atoms with E-state index in [9.17, 15) is 22.4 Å². The number of hydrogen-bond donors (Lipinski definition) is 1. The molecule has 2 aromatic carbocycles. The molecule has 0 bridgehead atoms. The Balaban J connectivity index is 2.46. The summed E-state index contributed by atoms with van der Waals surface area (Å²) < 4.78 is 44.8. The van der Waals surface area contributed by atoms with Crippen LogP contribution in [0.2, 0.25) is 5.02 Å². The Kier molecular flexibility index (Phi) is 9.69. The molecule has 0 spiro atoms. The SMILES string of the molecule is CCNC(=O)C(CC)N(Cc1cccc(OC)c1)C(=O)CN(c1ccc(F)c(Cl)c1)S(C)(=O)=O. The number of benzene rings is 2. The molecule has 0 saturated heterocycles. The first-order valence-corrected chi connectivity index (χ1v) is 12.9. The average molecular weight is 514 g/mol. The molecule has 0 fully saturated rings. The van der Waals surface area contributed by atoms with Crippen molar-refractivity contribution in [2.45, 2.75) is 32.9 Å². The average Bonchev–Trinajstić information content (AvgIpc) is 2.78. The third-order valence-electron chi connectivity index (χ3n) is 5.09. The highest BCUT2D eigenvalue weighted by Gasteiger charge is 2.31. The lowest BCUT2D eigenvalue weighted by Gasteiger charge is -2.32. The predicted molar refractivity (Wildman–Crippen MR) is 130 cm³/mol. The zero-order valence-electron chi connectivity index (χ0n) is 19.5. The molecule has 0 aliphatic carbocycles. The molecule has 0 aliphatic heterocycles. The van der Waals surface area contributed by atoms with E-state index in [2.05, 4.69) is 5.32 Å². The second-order valence-corrected chi connectivity index (χ2v) is 9.87. The highest BCUT2D eigenvalue weighted by atomic mass is 35.5. The van der Waals surface area contributed by atoms with Crippen molar-refractivity contribution in [2.24, 2.45) is 0 Å². The smallest absolute Gasteiger partial charge is 0.244 e. The van der Waals surface area contributed by atoms with Gasteiger partial charge in [-0.15, -0.1) is 0 Å². The monoisotopic (exact) mass is 513 g/mol. The van der Waals surface area contributed by atoms with E-state index in [1.54, 1.807) is 38.1 Å². The van der Waals surface area contributed by atoms with E-state index in [-0.39, 0.29) is 23.2 Å². The Bertz CT molecular complexity index is 1130. The van der Waals surface area contributed by atoms with Crippen molar-refractivity contribution < 1.29 is 27.1 Å². The molecule has 0 aliphatic rings. The van der Waals surface area contributed by atoms with Gasteiger partial charge in [0.1, 0.15) is 24.2 Å². The first kappa shape index (κ1) is 27.4. The predicted octanol–water partition coefficient (Wildman–Crippen LogP) is 3.20. The van der Waals surface area contributed by atoms with Gasteiger partial charge < -0.3 is 15.0 Å². The van der Waals surface area contributed by atoms with Crippen LogP contribution in [0.15, 0.2) is 42.5 Å². The number of sulfonamides is 1. The van der Waals surface area contributed by atoms with Crippen LogP contribution in [0.4, 0.5) is 10.1 Å². The van der Waals surface area contributed by atoms with Gasteiger partial charge in [-0.1, -0.05) is 30.7 Å². The normalized spacial score (nSPS) is 12.1. The molecule has 0 radical (unpaired) electrons. The number of hydrogen-bond acceptors (Lipinski definition) is 5. The molecular weight excluding hydrogens is 485 g/mol. The highest BCUT2D eigenvalue weighted by molar-refractivity contribution is 7.92. The van der Waals surface area contributed by atoms with Crippen molar-refractivity contribution in [3.05, 3.63) is 58.9 Å². The first-order chi connectivity index (χ1) is 16.0. The number of anilines is 1. The number of halogens is 2. The molecule has 1 atom stereocenters.